The summed E-state index contributed by atoms with van der Waals surface area (Å²) in [5.74, 6) is -0.265. The van der Waals surface area contributed by atoms with Gasteiger partial charge in [0.05, 0.1) is 20.3 Å². The Morgan fingerprint density at radius 2 is 2.08 bits per heavy atom. The van der Waals surface area contributed by atoms with Gasteiger partial charge in [0.25, 0.3) is 0 Å². The smallest absolute Gasteiger partial charge is 0.327 e. The third-order valence-corrected chi connectivity index (χ3v) is 4.93. The van der Waals surface area contributed by atoms with Crippen LogP contribution in [-0.4, -0.2) is 68.8 Å². The standard InChI is InChI=1S/C18H25FN2O3/c1-23-18(22)17(15-4-2-3-5-16(15)19)21-7-6-14(13-21)12-20-8-10-24-11-9-20/h2-5,14,17H,6-13H2,1H3/t14-,17-/m0/s1. The molecule has 132 valence electrons. The predicted molar refractivity (Wildman–Crippen MR) is 88.1 cm³/mol. The van der Waals surface area contributed by atoms with Crippen molar-refractivity contribution < 1.29 is 18.7 Å². The number of methoxy groups -OCH3 is 1. The SMILES string of the molecule is COC(=O)[C@H](c1ccccc1F)N1CC[C@@H](CN2CCOCC2)C1. The molecule has 0 N–H and O–H groups in total. The lowest BCUT2D eigenvalue weighted by atomic mass is 10.0. The van der Waals surface area contributed by atoms with E-state index in [4.69, 9.17) is 9.47 Å². The number of nitrogens with zero attached hydrogens (tertiary/aromatic N) is 2. The van der Waals surface area contributed by atoms with Crippen molar-refractivity contribution in [3.05, 3.63) is 35.6 Å². The minimum absolute atomic E-state index is 0.357. The van der Waals surface area contributed by atoms with Crippen LogP contribution < -0.4 is 0 Å². The largest absolute Gasteiger partial charge is 0.468 e. The molecule has 0 radical (unpaired) electrons. The fourth-order valence-electron chi connectivity index (χ4n) is 3.68. The third-order valence-electron chi connectivity index (χ3n) is 4.93. The van der Waals surface area contributed by atoms with Gasteiger partial charge < -0.3 is 9.47 Å². The Bertz CT molecular complexity index is 563. The summed E-state index contributed by atoms with van der Waals surface area (Å²) in [5, 5.41) is 0. The second kappa shape index (κ2) is 8.05. The van der Waals surface area contributed by atoms with Crippen molar-refractivity contribution in [3.8, 4) is 0 Å². The van der Waals surface area contributed by atoms with E-state index < -0.39 is 12.0 Å². The number of morpholine rings is 1. The number of halogens is 1. The van der Waals surface area contributed by atoms with Crippen molar-refractivity contribution in [3.63, 3.8) is 0 Å². The van der Waals surface area contributed by atoms with E-state index in [1.54, 1.807) is 18.2 Å². The van der Waals surface area contributed by atoms with Crippen LogP contribution in [0.1, 0.15) is 18.0 Å². The summed E-state index contributed by atoms with van der Waals surface area (Å²) in [7, 11) is 1.36. The Balaban J connectivity index is 1.68. The number of hydrogen-bond donors (Lipinski definition) is 0. The summed E-state index contributed by atoms with van der Waals surface area (Å²) in [6.07, 6.45) is 1.01. The maximum absolute atomic E-state index is 14.2. The average Bonchev–Trinajstić information content (AvgIpc) is 3.05. The second-order valence-corrected chi connectivity index (χ2v) is 6.51. The zero-order valence-corrected chi connectivity index (χ0v) is 14.1. The van der Waals surface area contributed by atoms with Crippen molar-refractivity contribution in [1.29, 1.82) is 0 Å². The highest BCUT2D eigenvalue weighted by Crippen LogP contribution is 2.30. The van der Waals surface area contributed by atoms with E-state index in [0.717, 1.165) is 52.4 Å². The minimum atomic E-state index is -0.661. The van der Waals surface area contributed by atoms with E-state index in [-0.39, 0.29) is 5.82 Å². The number of hydrogen-bond acceptors (Lipinski definition) is 5. The van der Waals surface area contributed by atoms with Gasteiger partial charge in [-0.25, -0.2) is 9.18 Å². The first-order valence-corrected chi connectivity index (χ1v) is 8.55. The lowest BCUT2D eigenvalue weighted by Crippen LogP contribution is -2.40. The molecule has 0 saturated carbocycles. The van der Waals surface area contributed by atoms with Crippen molar-refractivity contribution >= 4 is 5.97 Å². The zero-order chi connectivity index (χ0) is 16.9. The van der Waals surface area contributed by atoms with Crippen LogP contribution >= 0.6 is 0 Å². The van der Waals surface area contributed by atoms with E-state index in [9.17, 15) is 9.18 Å². The first-order valence-electron chi connectivity index (χ1n) is 8.55. The van der Waals surface area contributed by atoms with E-state index in [1.165, 1.54) is 13.2 Å². The van der Waals surface area contributed by atoms with Crippen LogP contribution in [0.5, 0.6) is 0 Å². The molecule has 2 heterocycles. The molecule has 0 unspecified atom stereocenters. The molecule has 3 rings (SSSR count). The lowest BCUT2D eigenvalue weighted by Gasteiger charge is -2.30. The molecule has 2 fully saturated rings. The number of benzene rings is 1. The average molecular weight is 336 g/mol. The van der Waals surface area contributed by atoms with Crippen LogP contribution in [0.2, 0.25) is 0 Å². The van der Waals surface area contributed by atoms with Gasteiger partial charge in [-0.1, -0.05) is 18.2 Å². The quantitative estimate of drug-likeness (QED) is 0.766. The maximum Gasteiger partial charge on any atom is 0.327 e. The van der Waals surface area contributed by atoms with E-state index >= 15 is 0 Å². The summed E-state index contributed by atoms with van der Waals surface area (Å²) < 4.78 is 24.5. The number of likely N-dealkylation sites (tertiary alicyclic amines) is 1. The van der Waals surface area contributed by atoms with Gasteiger partial charge in [0.1, 0.15) is 11.9 Å². The monoisotopic (exact) mass is 336 g/mol. The van der Waals surface area contributed by atoms with Crippen LogP contribution in [0, 0.1) is 11.7 Å². The van der Waals surface area contributed by atoms with Crippen molar-refractivity contribution in [2.24, 2.45) is 5.92 Å². The topological polar surface area (TPSA) is 42.0 Å². The van der Waals surface area contributed by atoms with Crippen LogP contribution in [-0.2, 0) is 14.3 Å². The van der Waals surface area contributed by atoms with Crippen LogP contribution in [0.15, 0.2) is 24.3 Å². The first kappa shape index (κ1) is 17.3. The Hall–Kier alpha value is -1.50. The molecule has 2 saturated heterocycles. The normalized spacial score (nSPS) is 24.0. The number of esters is 1. The number of carbonyl (C=O) groups is 1. The van der Waals surface area contributed by atoms with Gasteiger partial charge in [-0.2, -0.15) is 0 Å². The molecule has 6 heteroatoms. The van der Waals surface area contributed by atoms with Crippen molar-refractivity contribution in [2.75, 3.05) is 53.0 Å². The molecule has 0 bridgehead atoms. The third kappa shape index (κ3) is 3.94. The molecule has 2 aliphatic heterocycles. The number of ether oxygens (including phenoxy) is 2. The minimum Gasteiger partial charge on any atom is -0.468 e. The van der Waals surface area contributed by atoms with Gasteiger partial charge in [0.2, 0.25) is 0 Å². The second-order valence-electron chi connectivity index (χ2n) is 6.51. The molecule has 1 aromatic carbocycles. The molecular weight excluding hydrogens is 311 g/mol. The Morgan fingerprint density at radius 1 is 1.33 bits per heavy atom. The number of rotatable bonds is 5. The zero-order valence-electron chi connectivity index (χ0n) is 14.1. The van der Waals surface area contributed by atoms with Gasteiger partial charge in [-0.3, -0.25) is 9.80 Å². The van der Waals surface area contributed by atoms with Gasteiger partial charge in [0.15, 0.2) is 0 Å². The molecule has 2 atom stereocenters. The molecule has 2 aliphatic rings. The highest BCUT2D eigenvalue weighted by Gasteiger charge is 2.36. The molecule has 0 aromatic heterocycles. The lowest BCUT2D eigenvalue weighted by molar-refractivity contribution is -0.147. The summed E-state index contributed by atoms with van der Waals surface area (Å²) in [6.45, 7) is 6.07. The number of carbonyl (C=O) groups excluding carboxylic acids is 1. The molecule has 0 amide bonds. The Labute approximate surface area is 142 Å². The highest BCUT2D eigenvalue weighted by molar-refractivity contribution is 5.77. The van der Waals surface area contributed by atoms with Gasteiger partial charge in [-0.05, 0) is 24.9 Å². The molecule has 5 nitrogen and oxygen atoms in total. The van der Waals surface area contributed by atoms with Crippen molar-refractivity contribution in [2.45, 2.75) is 12.5 Å². The van der Waals surface area contributed by atoms with Gasteiger partial charge >= 0.3 is 5.97 Å². The van der Waals surface area contributed by atoms with Crippen molar-refractivity contribution in [1.82, 2.24) is 9.80 Å². The van der Waals surface area contributed by atoms with E-state index in [0.29, 0.717) is 11.5 Å². The summed E-state index contributed by atoms with van der Waals surface area (Å²) in [6, 6.07) is 5.80. The molecule has 1 aromatic rings. The van der Waals surface area contributed by atoms with Crippen LogP contribution in [0.3, 0.4) is 0 Å². The Morgan fingerprint density at radius 3 is 2.79 bits per heavy atom. The van der Waals surface area contributed by atoms with Crippen LogP contribution in [0.25, 0.3) is 0 Å². The predicted octanol–water partition coefficient (Wildman–Crippen LogP) is 1.69. The summed E-state index contributed by atoms with van der Waals surface area (Å²) in [4.78, 5) is 16.8. The maximum atomic E-state index is 14.2. The molecular formula is C18H25FN2O3. The van der Waals surface area contributed by atoms with Gasteiger partial charge in [-0.15, -0.1) is 0 Å². The fourth-order valence-corrected chi connectivity index (χ4v) is 3.68. The first-order chi connectivity index (χ1) is 11.7. The molecule has 0 spiro atoms. The summed E-state index contributed by atoms with van der Waals surface area (Å²) >= 11 is 0. The van der Waals surface area contributed by atoms with E-state index in [1.807, 2.05) is 0 Å². The van der Waals surface area contributed by atoms with Gasteiger partial charge in [0, 0.05) is 31.7 Å². The fraction of sp³-hybridized carbons (Fsp3) is 0.611. The Kier molecular flexibility index (Phi) is 5.81. The molecule has 24 heavy (non-hydrogen) atoms. The summed E-state index contributed by atoms with van der Waals surface area (Å²) in [5.41, 5.74) is 0.399. The highest BCUT2D eigenvalue weighted by atomic mass is 19.1. The van der Waals surface area contributed by atoms with E-state index in [2.05, 4.69) is 9.80 Å². The van der Waals surface area contributed by atoms with Crippen LogP contribution in [0.4, 0.5) is 4.39 Å². The molecule has 0 aliphatic carbocycles.